The lowest BCUT2D eigenvalue weighted by Gasteiger charge is -1.82. The summed E-state index contributed by atoms with van der Waals surface area (Å²) in [6.45, 7) is 0. The molecule has 0 spiro atoms. The molecule has 0 aliphatic heterocycles. The number of rotatable bonds is 0. The Morgan fingerprint density at radius 3 is 0.800 bits per heavy atom. The molecule has 0 saturated carbocycles. The Labute approximate surface area is 25.4 Å². The van der Waals surface area contributed by atoms with E-state index in [1.165, 1.54) is 0 Å². The predicted octanol–water partition coefficient (Wildman–Crippen LogP) is 1.48. The first-order valence-corrected chi connectivity index (χ1v) is 0.756. The maximum atomic E-state index is 9.69. The van der Waals surface area contributed by atoms with Crippen LogP contribution in [0.4, 0.5) is 17.6 Å². The summed E-state index contributed by atoms with van der Waals surface area (Å²) in [5.41, 5.74) is 0. The van der Waals surface area contributed by atoms with Gasteiger partial charge in [0.15, 0.2) is 0 Å². The van der Waals surface area contributed by atoms with Gasteiger partial charge in [0.25, 0.3) is 0 Å². The van der Waals surface area contributed by atoms with Crippen LogP contribution in [0.2, 0.25) is 0 Å². The van der Waals surface area contributed by atoms with Gasteiger partial charge in [-0.25, -0.2) is 0 Å². The minimum Gasteiger partial charge on any atom is -0.140 e. The Hall–Kier alpha value is -0.280. The molecule has 0 aromatic carbocycles. The van der Waals surface area contributed by atoms with Crippen LogP contribution >= 0.6 is 0 Å². The molecule has 0 saturated heterocycles. The fraction of sp³-hybridized carbons (Fsp3) is 1.00. The zero-order valence-electron chi connectivity index (χ0n) is 2.01. The molecule has 0 N–H and O–H groups in total. The minimum absolute atomic E-state index is 5.50. The fourth-order valence-electron chi connectivity index (χ4n) is 0. The SMILES string of the molecule is FC(F)(F)F. The fourth-order valence-corrected chi connectivity index (χ4v) is 0. The molecule has 0 fully saturated rings. The van der Waals surface area contributed by atoms with E-state index in [1.54, 1.807) is 0 Å². The van der Waals surface area contributed by atoms with Gasteiger partial charge in [0, 0.05) is 0 Å². The standard InChI is InChI=1S/CF4/c2-1(3,4)5. The second kappa shape index (κ2) is 0.841. The van der Waals surface area contributed by atoms with Crippen molar-refractivity contribution < 1.29 is 17.6 Å². The van der Waals surface area contributed by atoms with Gasteiger partial charge < -0.3 is 0 Å². The predicted molar refractivity (Wildman–Crippen MR) is 7.16 cm³/mol. The summed E-state index contributed by atoms with van der Waals surface area (Å²) < 4.78 is 38.8. The molecule has 0 aliphatic carbocycles. The van der Waals surface area contributed by atoms with E-state index in [0.29, 0.717) is 0 Å². The van der Waals surface area contributed by atoms with Gasteiger partial charge in [-0.15, -0.1) is 17.6 Å². The van der Waals surface area contributed by atoms with Crippen LogP contribution in [0.15, 0.2) is 0 Å². The quantitative estimate of drug-likeness (QED) is 0.393. The number of alkyl halides is 4. The summed E-state index contributed by atoms with van der Waals surface area (Å²) in [4.78, 5) is 0. The van der Waals surface area contributed by atoms with E-state index in [9.17, 15) is 17.6 Å². The molecule has 0 aliphatic rings. The Kier molecular flexibility index (Phi) is 0.794. The Morgan fingerprint density at radius 1 is 0.800 bits per heavy atom. The van der Waals surface area contributed by atoms with E-state index in [4.69, 9.17) is 0 Å². The molecule has 4 heteroatoms. The normalized spacial score (nSPS) is 12.0. The Bertz CT molecular complexity index is 19.1. The highest BCUT2D eigenvalue weighted by Gasteiger charge is 2.24. The van der Waals surface area contributed by atoms with E-state index >= 15 is 0 Å². The molecule has 32 valence electrons. The maximum Gasteiger partial charge on any atom is 0.559 e. The summed E-state index contributed by atoms with van der Waals surface area (Å²) in [5.74, 6) is 0. The zero-order chi connectivity index (χ0) is 4.50. The molecule has 5 heavy (non-hydrogen) atoms. The van der Waals surface area contributed by atoms with Crippen molar-refractivity contribution in [1.29, 1.82) is 0 Å². The van der Waals surface area contributed by atoms with Gasteiger partial charge in [0.05, 0.1) is 0 Å². The van der Waals surface area contributed by atoms with E-state index in [1.807, 2.05) is 0 Å². The molecule has 0 amide bonds. The molecule has 0 aromatic rings. The topological polar surface area (TPSA) is 0 Å². The van der Waals surface area contributed by atoms with Crippen molar-refractivity contribution in [3.63, 3.8) is 0 Å². The van der Waals surface area contributed by atoms with Crippen molar-refractivity contribution in [3.8, 4) is 0 Å². The molecule has 0 radical (unpaired) electrons. The lowest BCUT2D eigenvalue weighted by molar-refractivity contribution is -0.237. The van der Waals surface area contributed by atoms with Crippen molar-refractivity contribution >= 4 is 0 Å². The van der Waals surface area contributed by atoms with E-state index in [-0.39, 0.29) is 0 Å². The lowest BCUT2D eigenvalue weighted by atomic mass is 11.5. The second-order valence-corrected chi connectivity index (χ2v) is 0.429. The first-order valence-electron chi connectivity index (χ1n) is 0.756. The van der Waals surface area contributed by atoms with Gasteiger partial charge in [-0.3, -0.25) is 0 Å². The molecule has 0 heterocycles. The molecule has 0 nitrogen and oxygen atoms in total. The highest BCUT2D eigenvalue weighted by molar-refractivity contribution is 4.08. The monoisotopic (exact) mass is 88.0 g/mol. The van der Waals surface area contributed by atoms with Crippen molar-refractivity contribution in [2.75, 3.05) is 0 Å². The van der Waals surface area contributed by atoms with E-state index in [2.05, 4.69) is 0 Å². The van der Waals surface area contributed by atoms with Crippen LogP contribution in [-0.2, 0) is 0 Å². The van der Waals surface area contributed by atoms with Gasteiger partial charge in [0.2, 0.25) is 0 Å². The lowest BCUT2D eigenvalue weighted by Crippen LogP contribution is -1.92. The van der Waals surface area contributed by atoms with E-state index < -0.39 is 6.43 Å². The van der Waals surface area contributed by atoms with Crippen molar-refractivity contribution in [2.45, 2.75) is 6.43 Å². The van der Waals surface area contributed by atoms with Crippen LogP contribution in [-0.4, -0.2) is 6.43 Å². The average Bonchev–Trinajstić information content (AvgIpc) is 0.722. The molecule has 0 atom stereocenters. The molecular weight excluding hydrogens is 88.0 g/mol. The first kappa shape index (κ1) is 4.72. The largest absolute Gasteiger partial charge is 0.559 e. The van der Waals surface area contributed by atoms with Crippen LogP contribution in [0.3, 0.4) is 0 Å². The molecular formula is CF4. The van der Waals surface area contributed by atoms with Gasteiger partial charge in [0.1, 0.15) is 0 Å². The third-order valence-electron chi connectivity index (χ3n) is 0. The first-order chi connectivity index (χ1) is 2.00. The highest BCUT2D eigenvalue weighted by Crippen LogP contribution is 2.13. The van der Waals surface area contributed by atoms with Crippen molar-refractivity contribution in [2.24, 2.45) is 0 Å². The third kappa shape index (κ3) is 140. The van der Waals surface area contributed by atoms with Crippen LogP contribution in [0.1, 0.15) is 0 Å². The Morgan fingerprint density at radius 2 is 0.800 bits per heavy atom. The van der Waals surface area contributed by atoms with Crippen molar-refractivity contribution in [3.05, 3.63) is 0 Å². The summed E-state index contributed by atoms with van der Waals surface area (Å²) in [5, 5.41) is 0. The van der Waals surface area contributed by atoms with Gasteiger partial charge in [-0.1, -0.05) is 0 Å². The van der Waals surface area contributed by atoms with Crippen LogP contribution in [0, 0.1) is 0 Å². The summed E-state index contributed by atoms with van der Waals surface area (Å²) >= 11 is 0. The summed E-state index contributed by atoms with van der Waals surface area (Å²) in [6, 6.07) is 0. The molecule has 0 aromatic heterocycles. The summed E-state index contributed by atoms with van der Waals surface area (Å²) in [7, 11) is 0. The van der Waals surface area contributed by atoms with Gasteiger partial charge >= 0.3 is 6.43 Å². The van der Waals surface area contributed by atoms with Gasteiger partial charge in [-0.05, 0) is 0 Å². The van der Waals surface area contributed by atoms with Crippen molar-refractivity contribution in [1.82, 2.24) is 0 Å². The highest BCUT2D eigenvalue weighted by atomic mass is 19.5. The number of hydrogen-bond donors (Lipinski definition) is 0. The van der Waals surface area contributed by atoms with Crippen LogP contribution in [0.5, 0.6) is 0 Å². The molecule has 0 bridgehead atoms. The second-order valence-electron chi connectivity index (χ2n) is 0.429. The van der Waals surface area contributed by atoms with Crippen LogP contribution in [0.25, 0.3) is 0 Å². The van der Waals surface area contributed by atoms with Crippen LogP contribution < -0.4 is 0 Å². The molecule has 0 rings (SSSR count). The Balaban J connectivity index is 3.02. The third-order valence-corrected chi connectivity index (χ3v) is 0. The average molecular weight is 88.0 g/mol. The van der Waals surface area contributed by atoms with Gasteiger partial charge in [-0.2, -0.15) is 0 Å². The summed E-state index contributed by atoms with van der Waals surface area (Å²) in [6.07, 6.45) is -5.50. The zero-order valence-corrected chi connectivity index (χ0v) is 2.01. The maximum absolute atomic E-state index is 9.69. The smallest absolute Gasteiger partial charge is 0.140 e. The number of halogens is 4. The van der Waals surface area contributed by atoms with E-state index in [0.717, 1.165) is 0 Å². The minimum atomic E-state index is -5.50. The number of hydrogen-bond acceptors (Lipinski definition) is 0. The molecule has 0 unspecified atom stereocenters.